The molecular weight excluding hydrogens is 736 g/mol. The Kier molecular flexibility index (Phi) is 14.3. The normalized spacial score (nSPS) is 13.0. The van der Waals surface area contributed by atoms with Gasteiger partial charge in [0.25, 0.3) is 22.9 Å². The standard InChI is InChI=1S/C19H15N3O3S.C11H7N3OS.C8H7ClO2/c1-20-16-15(13-7-3-2-4-8-13)21-19(22-17(16)23)26-11-12-6-5-9-14(10-12)18(24)25;1-12-9-8(7-5-3-2-4-6-7)13-11(16)14-10(9)15;9-5-6-2-1-3-7(4-6)8(10)11/h2-10,19,21H,11H2,(H,22,23)(H,24,25);2-6H,(H2,13,14,15,16);1-4H,5H2,(H,10,11). The van der Waals surface area contributed by atoms with Crippen LogP contribution in [0.3, 0.4) is 0 Å². The maximum Gasteiger partial charge on any atom is 0.335 e. The molecule has 0 radical (unpaired) electrons. The summed E-state index contributed by atoms with van der Waals surface area (Å²) in [6.45, 7) is 14.3. The van der Waals surface area contributed by atoms with Crippen molar-refractivity contribution >= 4 is 64.8 Å². The van der Waals surface area contributed by atoms with Gasteiger partial charge < -0.3 is 30.8 Å². The van der Waals surface area contributed by atoms with E-state index in [1.54, 1.807) is 36.4 Å². The molecule has 15 heteroatoms. The number of amides is 1. The van der Waals surface area contributed by atoms with E-state index in [-0.39, 0.29) is 27.3 Å². The number of H-pyrrole nitrogens is 2. The van der Waals surface area contributed by atoms with E-state index in [1.807, 2.05) is 66.7 Å². The molecule has 1 aromatic heterocycles. The number of alkyl halides is 1. The maximum atomic E-state index is 12.3. The molecule has 1 unspecified atom stereocenters. The largest absolute Gasteiger partial charge is 0.478 e. The number of hydrogen-bond donors (Lipinski definition) is 6. The molecule has 0 fully saturated rings. The topological polar surface area (TPSA) is 173 Å². The van der Waals surface area contributed by atoms with Crippen LogP contribution in [-0.2, 0) is 16.4 Å². The van der Waals surface area contributed by atoms with Gasteiger partial charge in [-0.1, -0.05) is 84.9 Å². The number of thioether (sulfide) groups is 1. The quantitative estimate of drug-likeness (QED) is 0.0526. The molecule has 53 heavy (non-hydrogen) atoms. The van der Waals surface area contributed by atoms with Crippen LogP contribution in [0, 0.1) is 17.9 Å². The minimum Gasteiger partial charge on any atom is -0.478 e. The molecule has 266 valence electrons. The number of carbonyl (C=O) groups is 3. The summed E-state index contributed by atoms with van der Waals surface area (Å²) in [7, 11) is 0. The molecule has 6 N–H and O–H groups in total. The van der Waals surface area contributed by atoms with Crippen LogP contribution in [0.1, 0.15) is 37.4 Å². The molecule has 0 saturated carbocycles. The fraction of sp³-hybridized carbons (Fsp3) is 0.0789. The summed E-state index contributed by atoms with van der Waals surface area (Å²) in [5.74, 6) is -1.46. The van der Waals surface area contributed by atoms with Crippen molar-refractivity contribution in [1.29, 1.82) is 0 Å². The molecule has 2 heterocycles. The summed E-state index contributed by atoms with van der Waals surface area (Å²) in [4.78, 5) is 57.0. The summed E-state index contributed by atoms with van der Waals surface area (Å²) >= 11 is 11.8. The zero-order chi connectivity index (χ0) is 38.3. The minimum atomic E-state index is -0.975. The third-order valence-corrected chi connectivity index (χ3v) is 8.76. The van der Waals surface area contributed by atoms with Gasteiger partial charge in [-0.2, -0.15) is 0 Å². The molecule has 1 atom stereocenters. The fourth-order valence-corrected chi connectivity index (χ4v) is 6.00. The molecule has 0 saturated heterocycles. The fourth-order valence-electron chi connectivity index (χ4n) is 4.71. The van der Waals surface area contributed by atoms with Crippen molar-refractivity contribution in [3.05, 3.63) is 181 Å². The van der Waals surface area contributed by atoms with Gasteiger partial charge in [0.1, 0.15) is 5.50 Å². The van der Waals surface area contributed by atoms with E-state index < -0.39 is 28.9 Å². The second-order valence-corrected chi connectivity index (χ2v) is 12.5. The monoisotopic (exact) mass is 764 g/mol. The Bertz CT molecular complexity index is 2350. The highest BCUT2D eigenvalue weighted by molar-refractivity contribution is 7.99. The van der Waals surface area contributed by atoms with E-state index in [0.29, 0.717) is 23.0 Å². The van der Waals surface area contributed by atoms with E-state index in [1.165, 1.54) is 17.8 Å². The summed E-state index contributed by atoms with van der Waals surface area (Å²) in [6.07, 6.45) is 0. The number of hydrogen-bond acceptors (Lipinski definition) is 7. The number of benzene rings is 4. The number of aromatic amines is 2. The third-order valence-electron chi connectivity index (χ3n) is 7.17. The molecule has 5 aromatic rings. The summed E-state index contributed by atoms with van der Waals surface area (Å²) < 4.78 is 0.219. The molecule has 12 nitrogen and oxygen atoms in total. The van der Waals surface area contributed by atoms with Gasteiger partial charge in [-0.15, -0.1) is 23.4 Å². The van der Waals surface area contributed by atoms with Crippen LogP contribution in [0.25, 0.3) is 26.6 Å². The smallest absolute Gasteiger partial charge is 0.335 e. The zero-order valence-corrected chi connectivity index (χ0v) is 29.9. The number of nitrogens with one attached hydrogen (secondary N) is 4. The van der Waals surface area contributed by atoms with Crippen LogP contribution in [-0.4, -0.2) is 43.5 Å². The average Bonchev–Trinajstić information content (AvgIpc) is 3.18. The Morgan fingerprint density at radius 2 is 1.32 bits per heavy atom. The third kappa shape index (κ3) is 11.0. The number of halogens is 1. The van der Waals surface area contributed by atoms with Crippen molar-refractivity contribution in [2.45, 2.75) is 17.1 Å². The van der Waals surface area contributed by atoms with Crippen LogP contribution in [0.4, 0.5) is 5.69 Å². The van der Waals surface area contributed by atoms with Crippen LogP contribution < -0.4 is 16.2 Å². The predicted molar refractivity (Wildman–Crippen MR) is 207 cm³/mol. The number of aromatic nitrogens is 2. The first-order chi connectivity index (χ1) is 25.5. The predicted octanol–water partition coefficient (Wildman–Crippen LogP) is 7.68. The van der Waals surface area contributed by atoms with Crippen molar-refractivity contribution in [3.8, 4) is 11.3 Å². The first kappa shape index (κ1) is 39.3. The Hall–Kier alpha value is -6.45. The van der Waals surface area contributed by atoms with Crippen molar-refractivity contribution in [2.75, 3.05) is 0 Å². The number of carboxylic acids is 2. The van der Waals surface area contributed by atoms with Crippen LogP contribution >= 0.6 is 35.6 Å². The number of aromatic carboxylic acids is 2. The van der Waals surface area contributed by atoms with Crippen molar-refractivity contribution < 1.29 is 24.6 Å². The van der Waals surface area contributed by atoms with Crippen molar-refractivity contribution in [2.24, 2.45) is 0 Å². The van der Waals surface area contributed by atoms with Crippen LogP contribution in [0.2, 0.25) is 0 Å². The minimum absolute atomic E-state index is 0.0276. The lowest BCUT2D eigenvalue weighted by Crippen LogP contribution is -2.47. The molecule has 0 spiro atoms. The summed E-state index contributed by atoms with van der Waals surface area (Å²) in [5, 5.41) is 23.6. The van der Waals surface area contributed by atoms with Gasteiger partial charge in [0, 0.05) is 11.6 Å². The van der Waals surface area contributed by atoms with Gasteiger partial charge in [-0.25, -0.2) is 19.3 Å². The molecule has 1 aliphatic heterocycles. The molecular formula is C38H29ClN6O6S2. The van der Waals surface area contributed by atoms with Gasteiger partial charge in [0.15, 0.2) is 4.77 Å². The highest BCUT2D eigenvalue weighted by Gasteiger charge is 2.27. The second kappa shape index (κ2) is 19.2. The zero-order valence-electron chi connectivity index (χ0n) is 27.5. The van der Waals surface area contributed by atoms with E-state index in [4.69, 9.17) is 47.2 Å². The Morgan fingerprint density at radius 3 is 1.87 bits per heavy atom. The average molecular weight is 765 g/mol. The van der Waals surface area contributed by atoms with Gasteiger partial charge in [0.05, 0.1) is 35.7 Å². The lowest BCUT2D eigenvalue weighted by molar-refractivity contribution is -0.117. The van der Waals surface area contributed by atoms with E-state index in [9.17, 15) is 19.2 Å². The first-order valence-corrected chi connectivity index (χ1v) is 17.4. The molecule has 1 amide bonds. The Balaban J connectivity index is 0.000000197. The summed E-state index contributed by atoms with van der Waals surface area (Å²) in [6, 6.07) is 31.6. The lowest BCUT2D eigenvalue weighted by Gasteiger charge is -2.28. The van der Waals surface area contributed by atoms with Gasteiger partial charge in [0.2, 0.25) is 0 Å². The highest BCUT2D eigenvalue weighted by Crippen LogP contribution is 2.26. The Labute approximate surface area is 317 Å². The van der Waals surface area contributed by atoms with E-state index in [0.717, 1.165) is 22.3 Å². The lowest BCUT2D eigenvalue weighted by atomic mass is 10.1. The SMILES string of the molecule is O=C(O)c1cccc(CCl)c1.[C-]#[N+]C1=C(c2ccccc2)NC(SCc2cccc(C(=O)O)c2)NC1=O.[C-]#[N+]c1c(-c2ccccc2)[nH]c(=S)[nH]c1=O. The van der Waals surface area contributed by atoms with Crippen LogP contribution in [0.15, 0.2) is 120 Å². The Morgan fingerprint density at radius 1 is 0.755 bits per heavy atom. The highest BCUT2D eigenvalue weighted by atomic mass is 35.5. The maximum absolute atomic E-state index is 12.3. The molecule has 6 rings (SSSR count). The molecule has 0 bridgehead atoms. The molecule has 4 aromatic carbocycles. The number of carbonyl (C=O) groups excluding carboxylic acids is 1. The van der Waals surface area contributed by atoms with Gasteiger partial charge in [-0.3, -0.25) is 9.59 Å². The summed E-state index contributed by atoms with van der Waals surface area (Å²) in [5.41, 5.74) is 3.85. The second-order valence-electron chi connectivity index (χ2n) is 10.8. The van der Waals surface area contributed by atoms with Gasteiger partial charge in [-0.05, 0) is 58.7 Å². The number of carboxylic acid groups (broad SMARTS) is 2. The van der Waals surface area contributed by atoms with E-state index >= 15 is 0 Å². The molecule has 0 aliphatic carbocycles. The molecule has 1 aliphatic rings. The van der Waals surface area contributed by atoms with E-state index in [2.05, 4.69) is 30.3 Å². The van der Waals surface area contributed by atoms with Gasteiger partial charge >= 0.3 is 11.9 Å². The van der Waals surface area contributed by atoms with Crippen LogP contribution in [0.5, 0.6) is 0 Å². The van der Waals surface area contributed by atoms with Crippen molar-refractivity contribution in [3.63, 3.8) is 0 Å². The first-order valence-electron chi connectivity index (χ1n) is 15.4. The number of rotatable bonds is 8. The van der Waals surface area contributed by atoms with Crippen molar-refractivity contribution in [1.82, 2.24) is 20.6 Å². The number of nitrogens with zero attached hydrogens (tertiary/aromatic N) is 2.